The van der Waals surface area contributed by atoms with Crippen LogP contribution in [0.4, 0.5) is 4.39 Å². The third-order valence-corrected chi connectivity index (χ3v) is 9.51. The monoisotopic (exact) mass is 580 g/mol. The number of ether oxygens (including phenoxy) is 1. The summed E-state index contributed by atoms with van der Waals surface area (Å²) in [5, 5.41) is 4.83. The summed E-state index contributed by atoms with van der Waals surface area (Å²) in [7, 11) is -2.68. The zero-order valence-electron chi connectivity index (χ0n) is 22.0. The number of pyridine rings is 1. The van der Waals surface area contributed by atoms with E-state index in [4.69, 9.17) is 16.3 Å². The third kappa shape index (κ3) is 4.18. The van der Waals surface area contributed by atoms with Gasteiger partial charge in [-0.2, -0.15) is 5.10 Å². The lowest BCUT2D eigenvalue weighted by Crippen LogP contribution is -2.30. The summed E-state index contributed by atoms with van der Waals surface area (Å²) in [6, 6.07) is 12.9. The Morgan fingerprint density at radius 1 is 1.10 bits per heavy atom. The molecule has 0 saturated carbocycles. The van der Waals surface area contributed by atoms with Gasteiger partial charge in [0.2, 0.25) is 0 Å². The first-order valence-electron chi connectivity index (χ1n) is 12.7. The van der Waals surface area contributed by atoms with Gasteiger partial charge in [-0.25, -0.2) is 16.8 Å². The van der Waals surface area contributed by atoms with Gasteiger partial charge in [0.15, 0.2) is 0 Å². The Morgan fingerprint density at radius 2 is 1.82 bits per heavy atom. The predicted molar refractivity (Wildman–Crippen MR) is 151 cm³/mol. The molecule has 11 heteroatoms. The van der Waals surface area contributed by atoms with Gasteiger partial charge in [0, 0.05) is 36.3 Å². The molecular weight excluding hydrogens is 555 g/mol. The topological polar surface area (TPSA) is 88.1 Å². The van der Waals surface area contributed by atoms with Crippen LogP contribution in [0.3, 0.4) is 0 Å². The van der Waals surface area contributed by atoms with E-state index in [1.165, 1.54) is 22.8 Å². The number of aryl methyl sites for hydroxylation is 2. The molecule has 1 aliphatic rings. The van der Waals surface area contributed by atoms with Crippen LogP contribution in [0, 0.1) is 12.7 Å². The van der Waals surface area contributed by atoms with Crippen molar-refractivity contribution in [1.29, 1.82) is 0 Å². The van der Waals surface area contributed by atoms with E-state index in [-0.39, 0.29) is 27.2 Å². The van der Waals surface area contributed by atoms with Crippen molar-refractivity contribution < 1.29 is 17.5 Å². The molecule has 4 heterocycles. The van der Waals surface area contributed by atoms with Crippen molar-refractivity contribution in [2.24, 2.45) is 7.05 Å². The largest absolute Gasteiger partial charge is 0.377 e. The molecule has 40 heavy (non-hydrogen) atoms. The van der Waals surface area contributed by atoms with Gasteiger partial charge in [0.25, 0.3) is 15.6 Å². The zero-order valence-corrected chi connectivity index (χ0v) is 23.6. The van der Waals surface area contributed by atoms with Gasteiger partial charge in [-0.3, -0.25) is 9.48 Å². The van der Waals surface area contributed by atoms with Crippen LogP contribution in [0.5, 0.6) is 0 Å². The number of benzene rings is 2. The lowest BCUT2D eigenvalue weighted by molar-refractivity contribution is -0.0286. The van der Waals surface area contributed by atoms with Crippen molar-refractivity contribution in [3.8, 4) is 11.3 Å². The molecule has 0 spiro atoms. The second kappa shape index (κ2) is 9.72. The molecule has 1 saturated heterocycles. The Kier molecular flexibility index (Phi) is 6.44. The van der Waals surface area contributed by atoms with Crippen molar-refractivity contribution in [3.63, 3.8) is 0 Å². The first kappa shape index (κ1) is 26.5. The number of hydrogen-bond acceptors (Lipinski definition) is 5. The molecule has 0 bridgehead atoms. The van der Waals surface area contributed by atoms with E-state index in [9.17, 15) is 13.2 Å². The molecule has 0 amide bonds. The Balaban J connectivity index is 1.67. The van der Waals surface area contributed by atoms with Crippen LogP contribution in [0.2, 0.25) is 5.02 Å². The summed E-state index contributed by atoms with van der Waals surface area (Å²) in [5.74, 6) is -1.11. The molecule has 1 unspecified atom stereocenters. The fourth-order valence-electron chi connectivity index (χ4n) is 5.10. The Hall–Kier alpha value is -3.73. The minimum atomic E-state index is -4.24. The van der Waals surface area contributed by atoms with Gasteiger partial charge >= 0.3 is 0 Å². The van der Waals surface area contributed by atoms with Gasteiger partial charge < -0.3 is 9.30 Å². The van der Waals surface area contributed by atoms with Crippen molar-refractivity contribution in [2.45, 2.75) is 30.7 Å². The van der Waals surface area contributed by atoms with E-state index in [1.54, 1.807) is 67.6 Å². The van der Waals surface area contributed by atoms with Gasteiger partial charge in [-0.05, 0) is 42.3 Å². The summed E-state index contributed by atoms with van der Waals surface area (Å²) < 4.78 is 53.0. The number of hydrogen-bond donors (Lipinski definition) is 0. The SMILES string of the molecule is Cc1ccc(S(=O)(=O)n2c(-c3cnn(C4COC4)c3)cc3c(C(C)c4cccc(Cl)c4F)cn(C)c(=O)c32)cc1. The highest BCUT2D eigenvalue weighted by molar-refractivity contribution is 7.90. The minimum Gasteiger partial charge on any atom is -0.377 e. The quantitative estimate of drug-likeness (QED) is 0.273. The highest BCUT2D eigenvalue weighted by Gasteiger charge is 2.30. The average molecular weight is 581 g/mol. The van der Waals surface area contributed by atoms with Gasteiger partial charge in [-0.15, -0.1) is 0 Å². The highest BCUT2D eigenvalue weighted by atomic mass is 35.5. The molecule has 0 aliphatic carbocycles. The molecule has 1 aliphatic heterocycles. The molecule has 6 rings (SSSR count). The molecule has 5 aromatic rings. The fraction of sp³-hybridized carbons (Fsp3) is 0.241. The summed E-state index contributed by atoms with van der Waals surface area (Å²) in [4.78, 5) is 13.7. The fourth-order valence-corrected chi connectivity index (χ4v) is 6.81. The van der Waals surface area contributed by atoms with Crippen molar-refractivity contribution in [1.82, 2.24) is 18.3 Å². The lowest BCUT2D eigenvalue weighted by atomic mass is 9.91. The number of nitrogens with zero attached hydrogens (tertiary/aromatic N) is 4. The molecule has 1 atom stereocenters. The van der Waals surface area contributed by atoms with Gasteiger partial charge in [0.05, 0.1) is 41.1 Å². The van der Waals surface area contributed by atoms with E-state index < -0.39 is 27.3 Å². The van der Waals surface area contributed by atoms with Crippen LogP contribution in [0.25, 0.3) is 22.2 Å². The van der Waals surface area contributed by atoms with E-state index in [1.807, 2.05) is 6.92 Å². The standard InChI is InChI=1S/C29H26ClFN4O4S/c1-17-7-9-21(10-8-17)40(37,38)35-26(19-12-32-34(13-19)20-15-39-16-20)11-23-24(14-33(3)29(36)28(23)35)18(2)22-5-4-6-25(30)27(22)31/h4-14,18,20H,15-16H2,1-3H3. The van der Waals surface area contributed by atoms with Crippen LogP contribution in [-0.4, -0.2) is 40.0 Å². The smallest absolute Gasteiger partial charge is 0.275 e. The molecule has 0 N–H and O–H groups in total. The van der Waals surface area contributed by atoms with Crippen molar-refractivity contribution in [3.05, 3.63) is 105 Å². The predicted octanol–water partition coefficient (Wildman–Crippen LogP) is 5.26. The van der Waals surface area contributed by atoms with Gasteiger partial charge in [0.1, 0.15) is 11.3 Å². The molecule has 8 nitrogen and oxygen atoms in total. The normalized spacial score (nSPS) is 14.9. The number of fused-ring (bicyclic) bond motifs is 1. The maximum Gasteiger partial charge on any atom is 0.275 e. The molecule has 3 aromatic heterocycles. The summed E-state index contributed by atoms with van der Waals surface area (Å²) in [5.41, 5.74) is 2.09. The molecule has 2 aromatic carbocycles. The summed E-state index contributed by atoms with van der Waals surface area (Å²) in [6.07, 6.45) is 4.96. The summed E-state index contributed by atoms with van der Waals surface area (Å²) in [6.45, 7) is 4.69. The van der Waals surface area contributed by atoms with E-state index in [0.29, 0.717) is 35.3 Å². The van der Waals surface area contributed by atoms with E-state index in [2.05, 4.69) is 5.10 Å². The highest BCUT2D eigenvalue weighted by Crippen LogP contribution is 2.38. The minimum absolute atomic E-state index is 0.0157. The maximum atomic E-state index is 15.1. The Labute approximate surface area is 235 Å². The average Bonchev–Trinajstić information content (AvgIpc) is 3.53. The van der Waals surface area contributed by atoms with E-state index >= 15 is 4.39 Å². The van der Waals surface area contributed by atoms with Gasteiger partial charge in [-0.1, -0.05) is 48.4 Å². The van der Waals surface area contributed by atoms with E-state index in [0.717, 1.165) is 9.54 Å². The van der Waals surface area contributed by atoms with Crippen LogP contribution >= 0.6 is 11.6 Å². The van der Waals surface area contributed by atoms with Crippen molar-refractivity contribution >= 4 is 32.5 Å². The number of rotatable bonds is 6. The van der Waals surface area contributed by atoms with Crippen LogP contribution in [0.15, 0.2) is 76.8 Å². The molecular formula is C29H26ClFN4O4S. The number of aromatic nitrogens is 4. The second-order valence-electron chi connectivity index (χ2n) is 10.1. The molecule has 206 valence electrons. The van der Waals surface area contributed by atoms with Crippen LogP contribution in [-0.2, 0) is 21.8 Å². The zero-order chi connectivity index (χ0) is 28.3. The summed E-state index contributed by atoms with van der Waals surface area (Å²) >= 11 is 6.08. The van der Waals surface area contributed by atoms with Crippen LogP contribution < -0.4 is 5.56 Å². The molecule has 1 fully saturated rings. The molecule has 0 radical (unpaired) electrons. The first-order valence-corrected chi connectivity index (χ1v) is 14.5. The first-order chi connectivity index (χ1) is 19.1. The van der Waals surface area contributed by atoms with Crippen molar-refractivity contribution in [2.75, 3.05) is 13.2 Å². The van der Waals surface area contributed by atoms with Crippen LogP contribution in [0.1, 0.15) is 35.6 Å². The second-order valence-corrected chi connectivity index (χ2v) is 12.3. The number of halogens is 2. The Morgan fingerprint density at radius 3 is 2.50 bits per heavy atom. The lowest BCUT2D eigenvalue weighted by Gasteiger charge is -2.25. The maximum absolute atomic E-state index is 15.1. The Bertz CT molecular complexity index is 1940. The third-order valence-electron chi connectivity index (χ3n) is 7.49.